The molecule has 0 aromatic heterocycles. The molecule has 0 unspecified atom stereocenters. The average Bonchev–Trinajstić information content (AvgIpc) is 2.91. The average molecular weight is 366 g/mol. The maximum absolute atomic E-state index is 12.2. The van der Waals surface area contributed by atoms with E-state index in [2.05, 4.69) is 32.9 Å². The van der Waals surface area contributed by atoms with Gasteiger partial charge in [0.2, 0.25) is 0 Å². The molecule has 1 atom stereocenters. The van der Waals surface area contributed by atoms with Gasteiger partial charge >= 0.3 is 6.36 Å². The Morgan fingerprint density at radius 2 is 2.00 bits per heavy atom. The van der Waals surface area contributed by atoms with E-state index < -0.39 is 6.36 Å². The Morgan fingerprint density at radius 1 is 1.33 bits per heavy atom. The highest BCUT2D eigenvalue weighted by molar-refractivity contribution is 9.10. The maximum Gasteiger partial charge on any atom is 0.573 e. The van der Waals surface area contributed by atoms with E-state index in [0.717, 1.165) is 5.56 Å². The Morgan fingerprint density at radius 3 is 2.57 bits per heavy atom. The fourth-order valence-electron chi connectivity index (χ4n) is 2.76. The molecule has 21 heavy (non-hydrogen) atoms. The summed E-state index contributed by atoms with van der Waals surface area (Å²) in [5, 5.41) is 3.45. The van der Waals surface area contributed by atoms with Crippen LogP contribution in [0.1, 0.15) is 38.2 Å². The molecule has 1 aromatic carbocycles. The van der Waals surface area contributed by atoms with E-state index in [9.17, 15) is 13.2 Å². The molecule has 2 nitrogen and oxygen atoms in total. The molecule has 1 aliphatic rings. The molecular weight excluding hydrogens is 347 g/mol. The van der Waals surface area contributed by atoms with Gasteiger partial charge in [0.05, 0.1) is 4.47 Å². The van der Waals surface area contributed by atoms with E-state index in [1.807, 2.05) is 0 Å². The minimum atomic E-state index is -4.67. The van der Waals surface area contributed by atoms with Crippen molar-refractivity contribution in [3.63, 3.8) is 0 Å². The summed E-state index contributed by atoms with van der Waals surface area (Å²) < 4.78 is 40.8. The van der Waals surface area contributed by atoms with Crippen molar-refractivity contribution in [1.29, 1.82) is 0 Å². The topological polar surface area (TPSA) is 21.3 Å². The summed E-state index contributed by atoms with van der Waals surface area (Å²) >= 11 is 3.12. The summed E-state index contributed by atoms with van der Waals surface area (Å²) in [6.45, 7) is 2.81. The molecule has 1 fully saturated rings. The molecule has 118 valence electrons. The highest BCUT2D eigenvalue weighted by Crippen LogP contribution is 2.31. The van der Waals surface area contributed by atoms with Gasteiger partial charge in [-0.25, -0.2) is 0 Å². The van der Waals surface area contributed by atoms with Gasteiger partial charge in [-0.15, -0.1) is 13.2 Å². The van der Waals surface area contributed by atoms with Crippen molar-refractivity contribution < 1.29 is 17.9 Å². The first-order chi connectivity index (χ1) is 9.85. The van der Waals surface area contributed by atoms with Crippen LogP contribution < -0.4 is 10.1 Å². The zero-order valence-electron chi connectivity index (χ0n) is 11.8. The Kier molecular flexibility index (Phi) is 5.54. The molecule has 0 aliphatic heterocycles. The summed E-state index contributed by atoms with van der Waals surface area (Å²) in [5.41, 5.74) is 0.932. The normalized spacial score (nSPS) is 18.0. The predicted octanol–water partition coefficient (Wildman–Crippen LogP) is 5.02. The Hall–Kier alpha value is -0.750. The van der Waals surface area contributed by atoms with Crippen LogP contribution in [0.15, 0.2) is 22.7 Å². The van der Waals surface area contributed by atoms with E-state index in [1.165, 1.54) is 31.7 Å². The van der Waals surface area contributed by atoms with Gasteiger partial charge in [-0.2, -0.15) is 0 Å². The van der Waals surface area contributed by atoms with Gasteiger partial charge in [0, 0.05) is 12.6 Å². The number of nitrogens with one attached hydrogen (secondary N) is 1. The highest BCUT2D eigenvalue weighted by atomic mass is 79.9. The lowest BCUT2D eigenvalue weighted by Crippen LogP contribution is -2.31. The third kappa shape index (κ3) is 5.18. The first-order valence-electron chi connectivity index (χ1n) is 7.13. The van der Waals surface area contributed by atoms with Crippen molar-refractivity contribution in [2.75, 3.05) is 0 Å². The lowest BCUT2D eigenvalue weighted by molar-refractivity contribution is -0.274. The summed E-state index contributed by atoms with van der Waals surface area (Å²) in [4.78, 5) is 0. The van der Waals surface area contributed by atoms with Crippen molar-refractivity contribution in [2.45, 2.75) is 51.6 Å². The van der Waals surface area contributed by atoms with Crippen molar-refractivity contribution >= 4 is 15.9 Å². The van der Waals surface area contributed by atoms with Gasteiger partial charge in [0.1, 0.15) is 5.75 Å². The van der Waals surface area contributed by atoms with Gasteiger partial charge in [0.15, 0.2) is 0 Å². The first kappa shape index (κ1) is 16.6. The van der Waals surface area contributed by atoms with Gasteiger partial charge in [-0.3, -0.25) is 0 Å². The van der Waals surface area contributed by atoms with E-state index in [-0.39, 0.29) is 5.75 Å². The molecule has 0 amide bonds. The van der Waals surface area contributed by atoms with Crippen molar-refractivity contribution in [3.05, 3.63) is 28.2 Å². The van der Waals surface area contributed by atoms with Crippen LogP contribution in [0.4, 0.5) is 13.2 Å². The number of ether oxygens (including phenoxy) is 1. The van der Waals surface area contributed by atoms with Crippen LogP contribution in [-0.2, 0) is 6.54 Å². The fourth-order valence-corrected chi connectivity index (χ4v) is 3.27. The second-order valence-corrected chi connectivity index (χ2v) is 6.38. The van der Waals surface area contributed by atoms with Crippen LogP contribution >= 0.6 is 15.9 Å². The number of hydrogen-bond donors (Lipinski definition) is 1. The molecule has 0 bridgehead atoms. The van der Waals surface area contributed by atoms with Crippen LogP contribution in [0.2, 0.25) is 0 Å². The van der Waals surface area contributed by atoms with E-state index >= 15 is 0 Å². The number of halogens is 4. The Labute approximate surface area is 131 Å². The number of rotatable bonds is 5. The molecule has 0 saturated heterocycles. The standard InChI is InChI=1S/C15H19BrF3NO/c1-10(12-4-2-3-5-12)20-9-11-6-7-14(13(16)8-11)21-15(17,18)19/h6-8,10,12,20H,2-5,9H2,1H3/t10-/m0/s1. The molecular formula is C15H19BrF3NO. The molecule has 1 saturated carbocycles. The minimum Gasteiger partial charge on any atom is -0.405 e. The largest absolute Gasteiger partial charge is 0.573 e. The lowest BCUT2D eigenvalue weighted by Gasteiger charge is -2.20. The van der Waals surface area contributed by atoms with E-state index in [4.69, 9.17) is 0 Å². The summed E-state index contributed by atoms with van der Waals surface area (Å²) in [6.07, 6.45) is 0.448. The first-order valence-corrected chi connectivity index (χ1v) is 7.92. The van der Waals surface area contributed by atoms with E-state index in [1.54, 1.807) is 12.1 Å². The van der Waals surface area contributed by atoms with Crippen molar-refractivity contribution in [3.8, 4) is 5.75 Å². The summed E-state index contributed by atoms with van der Waals surface area (Å²) in [5.74, 6) is 0.497. The Bertz CT molecular complexity index is 472. The van der Waals surface area contributed by atoms with Gasteiger partial charge < -0.3 is 10.1 Å². The molecule has 1 aromatic rings. The molecule has 6 heteroatoms. The summed E-state index contributed by atoms with van der Waals surface area (Å²) in [7, 11) is 0. The minimum absolute atomic E-state index is 0.213. The quantitative estimate of drug-likeness (QED) is 0.791. The third-order valence-corrected chi connectivity index (χ3v) is 4.58. The highest BCUT2D eigenvalue weighted by Gasteiger charge is 2.32. The van der Waals surface area contributed by atoms with Gasteiger partial charge in [-0.05, 0) is 59.3 Å². The van der Waals surface area contributed by atoms with Crippen LogP contribution in [-0.4, -0.2) is 12.4 Å². The SMILES string of the molecule is C[C@H](NCc1ccc(OC(F)(F)F)c(Br)c1)C1CCCC1. The zero-order valence-corrected chi connectivity index (χ0v) is 13.4. The maximum atomic E-state index is 12.2. The summed E-state index contributed by atoms with van der Waals surface area (Å²) in [6, 6.07) is 5.09. The monoisotopic (exact) mass is 365 g/mol. The lowest BCUT2D eigenvalue weighted by atomic mass is 9.99. The Balaban J connectivity index is 1.90. The molecule has 2 rings (SSSR count). The van der Waals surface area contributed by atoms with Crippen LogP contribution in [0.25, 0.3) is 0 Å². The molecule has 1 N–H and O–H groups in total. The van der Waals surface area contributed by atoms with Crippen molar-refractivity contribution in [1.82, 2.24) is 5.32 Å². The third-order valence-electron chi connectivity index (χ3n) is 3.96. The molecule has 1 aliphatic carbocycles. The molecule has 0 radical (unpaired) electrons. The van der Waals surface area contributed by atoms with Gasteiger partial charge in [0.25, 0.3) is 0 Å². The zero-order chi connectivity index (χ0) is 15.5. The van der Waals surface area contributed by atoms with E-state index in [0.29, 0.717) is 23.0 Å². The smallest absolute Gasteiger partial charge is 0.405 e. The van der Waals surface area contributed by atoms with Gasteiger partial charge in [-0.1, -0.05) is 18.9 Å². The van der Waals surface area contributed by atoms with Crippen molar-refractivity contribution in [2.24, 2.45) is 5.92 Å². The van der Waals surface area contributed by atoms with Crippen LogP contribution in [0.5, 0.6) is 5.75 Å². The number of alkyl halides is 3. The second kappa shape index (κ2) is 7.01. The fraction of sp³-hybridized carbons (Fsp3) is 0.600. The molecule has 0 spiro atoms. The van der Waals surface area contributed by atoms with Crippen LogP contribution in [0, 0.1) is 5.92 Å². The number of hydrogen-bond acceptors (Lipinski definition) is 2. The molecule has 0 heterocycles. The predicted molar refractivity (Wildman–Crippen MR) is 79.1 cm³/mol. The second-order valence-electron chi connectivity index (χ2n) is 5.53. The number of benzene rings is 1. The van der Waals surface area contributed by atoms with Crippen LogP contribution in [0.3, 0.4) is 0 Å².